The number of amides is 1. The topological polar surface area (TPSA) is 120 Å². The number of rotatable bonds is 9. The number of anilines is 1. The minimum Gasteiger partial charge on any atom is -0.462 e. The van der Waals surface area contributed by atoms with Crippen LogP contribution in [0.1, 0.15) is 34.3 Å². The number of carbonyl (C=O) groups excluding carboxylic acids is 2. The standard InChI is InChI=1S/C20H20FN5O5S/c1-3-31-19(28)18-13(2)23-20(32-18)25(11-14-4-6-15(21)7-5-14)17(27)8-9-24-12-16(10-22-24)26(29)30/h4-7,10,12H,3,8-9,11H2,1-2H3. The molecule has 3 rings (SSSR count). The van der Waals surface area contributed by atoms with E-state index in [1.54, 1.807) is 26.0 Å². The third-order valence-electron chi connectivity index (χ3n) is 4.42. The van der Waals surface area contributed by atoms with Crippen LogP contribution in [0.3, 0.4) is 0 Å². The number of ether oxygens (including phenoxy) is 1. The summed E-state index contributed by atoms with van der Waals surface area (Å²) in [5, 5.41) is 15.0. The zero-order chi connectivity index (χ0) is 23.3. The largest absolute Gasteiger partial charge is 0.462 e. The lowest BCUT2D eigenvalue weighted by Gasteiger charge is -2.20. The van der Waals surface area contributed by atoms with Gasteiger partial charge in [-0.15, -0.1) is 0 Å². The molecule has 10 nitrogen and oxygen atoms in total. The second-order valence-electron chi connectivity index (χ2n) is 6.71. The Hall–Kier alpha value is -3.67. The molecule has 0 unspecified atom stereocenters. The molecule has 2 aromatic heterocycles. The van der Waals surface area contributed by atoms with Crippen molar-refractivity contribution >= 4 is 34.0 Å². The quantitative estimate of drug-likeness (QED) is 0.272. The first-order chi connectivity index (χ1) is 15.3. The molecule has 0 atom stereocenters. The minimum absolute atomic E-state index is 0.0204. The summed E-state index contributed by atoms with van der Waals surface area (Å²) < 4.78 is 19.6. The van der Waals surface area contributed by atoms with Gasteiger partial charge in [-0.2, -0.15) is 5.10 Å². The molecule has 0 radical (unpaired) electrons. The van der Waals surface area contributed by atoms with Gasteiger partial charge in [0.15, 0.2) is 5.13 Å². The number of carbonyl (C=O) groups is 2. The highest BCUT2D eigenvalue weighted by Gasteiger charge is 2.24. The molecular formula is C20H20FN5O5S. The Morgan fingerprint density at radius 3 is 2.66 bits per heavy atom. The van der Waals surface area contributed by atoms with Crippen LogP contribution in [-0.2, 0) is 22.6 Å². The first-order valence-corrected chi connectivity index (χ1v) is 10.5. The Balaban J connectivity index is 1.83. The number of nitro groups is 1. The second-order valence-corrected chi connectivity index (χ2v) is 7.68. The fourth-order valence-corrected chi connectivity index (χ4v) is 3.81. The number of halogens is 1. The van der Waals surface area contributed by atoms with Crippen LogP contribution in [0, 0.1) is 22.9 Å². The normalized spacial score (nSPS) is 10.7. The van der Waals surface area contributed by atoms with Crippen LogP contribution in [-0.4, -0.2) is 38.2 Å². The maximum absolute atomic E-state index is 13.3. The van der Waals surface area contributed by atoms with E-state index in [4.69, 9.17) is 4.74 Å². The summed E-state index contributed by atoms with van der Waals surface area (Å²) in [6.45, 7) is 3.77. The van der Waals surface area contributed by atoms with Crippen LogP contribution in [0.25, 0.3) is 0 Å². The van der Waals surface area contributed by atoms with Gasteiger partial charge in [0.2, 0.25) is 5.91 Å². The van der Waals surface area contributed by atoms with E-state index in [0.29, 0.717) is 21.3 Å². The predicted molar refractivity (Wildman–Crippen MR) is 114 cm³/mol. The van der Waals surface area contributed by atoms with Crippen LogP contribution in [0.5, 0.6) is 0 Å². The summed E-state index contributed by atoms with van der Waals surface area (Å²) in [5.41, 5.74) is 0.929. The van der Waals surface area contributed by atoms with Gasteiger partial charge in [-0.25, -0.2) is 14.2 Å². The third kappa shape index (κ3) is 5.52. The monoisotopic (exact) mass is 461 g/mol. The van der Waals surface area contributed by atoms with Gasteiger partial charge in [-0.1, -0.05) is 23.5 Å². The van der Waals surface area contributed by atoms with E-state index in [1.807, 2.05) is 0 Å². The lowest BCUT2D eigenvalue weighted by atomic mass is 10.2. The molecule has 1 aromatic carbocycles. The van der Waals surface area contributed by atoms with Gasteiger partial charge >= 0.3 is 11.7 Å². The molecule has 3 aromatic rings. The summed E-state index contributed by atoms with van der Waals surface area (Å²) in [6.07, 6.45) is 2.33. The van der Waals surface area contributed by atoms with E-state index < -0.39 is 16.7 Å². The van der Waals surface area contributed by atoms with E-state index in [2.05, 4.69) is 10.1 Å². The number of aryl methyl sites for hydroxylation is 2. The summed E-state index contributed by atoms with van der Waals surface area (Å²) >= 11 is 1.03. The summed E-state index contributed by atoms with van der Waals surface area (Å²) in [7, 11) is 0. The van der Waals surface area contributed by atoms with E-state index in [0.717, 1.165) is 17.5 Å². The maximum atomic E-state index is 13.3. The van der Waals surface area contributed by atoms with E-state index >= 15 is 0 Å². The summed E-state index contributed by atoms with van der Waals surface area (Å²) in [4.78, 5) is 41.5. The molecule has 0 bridgehead atoms. The van der Waals surface area contributed by atoms with E-state index in [1.165, 1.54) is 27.9 Å². The number of hydrogen-bond donors (Lipinski definition) is 0. The van der Waals surface area contributed by atoms with Crippen molar-refractivity contribution in [3.63, 3.8) is 0 Å². The number of thiazole rings is 1. The van der Waals surface area contributed by atoms with Crippen molar-refractivity contribution < 1.29 is 23.6 Å². The van der Waals surface area contributed by atoms with Gasteiger partial charge in [-0.3, -0.25) is 24.5 Å². The second kappa shape index (κ2) is 10.1. The highest BCUT2D eigenvalue weighted by Crippen LogP contribution is 2.29. The third-order valence-corrected chi connectivity index (χ3v) is 5.58. The smallest absolute Gasteiger partial charge is 0.350 e. The van der Waals surface area contributed by atoms with Gasteiger partial charge in [0.25, 0.3) is 0 Å². The Morgan fingerprint density at radius 1 is 1.31 bits per heavy atom. The molecule has 1 amide bonds. The van der Waals surface area contributed by atoms with Crippen LogP contribution in [0.4, 0.5) is 15.2 Å². The number of esters is 1. The molecule has 0 N–H and O–H groups in total. The zero-order valence-corrected chi connectivity index (χ0v) is 18.2. The molecule has 0 aliphatic heterocycles. The van der Waals surface area contributed by atoms with Crippen molar-refractivity contribution in [2.75, 3.05) is 11.5 Å². The van der Waals surface area contributed by atoms with Crippen molar-refractivity contribution in [3.8, 4) is 0 Å². The number of nitrogens with zero attached hydrogens (tertiary/aromatic N) is 5. The predicted octanol–water partition coefficient (Wildman–Crippen LogP) is 3.50. The maximum Gasteiger partial charge on any atom is 0.350 e. The molecule has 0 saturated heterocycles. The molecule has 0 aliphatic carbocycles. The van der Waals surface area contributed by atoms with Gasteiger partial charge in [-0.05, 0) is 31.5 Å². The van der Waals surface area contributed by atoms with Gasteiger partial charge < -0.3 is 4.74 Å². The molecular weight excluding hydrogens is 441 g/mol. The van der Waals surface area contributed by atoms with E-state index in [-0.39, 0.29) is 37.7 Å². The number of aromatic nitrogens is 3. The van der Waals surface area contributed by atoms with Crippen LogP contribution in [0.15, 0.2) is 36.7 Å². The van der Waals surface area contributed by atoms with Gasteiger partial charge in [0.05, 0.1) is 23.8 Å². The fourth-order valence-electron chi connectivity index (χ4n) is 2.83. The molecule has 168 valence electrons. The Morgan fingerprint density at radius 2 is 2.03 bits per heavy atom. The summed E-state index contributed by atoms with van der Waals surface area (Å²) in [6, 6.07) is 5.69. The molecule has 32 heavy (non-hydrogen) atoms. The lowest BCUT2D eigenvalue weighted by molar-refractivity contribution is -0.385. The molecule has 0 spiro atoms. The fraction of sp³-hybridized carbons (Fsp3) is 0.300. The van der Waals surface area contributed by atoms with Crippen molar-refractivity contribution in [1.82, 2.24) is 14.8 Å². The van der Waals surface area contributed by atoms with Crippen LogP contribution in [0.2, 0.25) is 0 Å². The zero-order valence-electron chi connectivity index (χ0n) is 17.4. The van der Waals surface area contributed by atoms with Crippen molar-refractivity contribution in [3.05, 3.63) is 68.7 Å². The lowest BCUT2D eigenvalue weighted by Crippen LogP contribution is -2.31. The average molecular weight is 461 g/mol. The Labute approximate surface area is 186 Å². The number of hydrogen-bond acceptors (Lipinski definition) is 8. The van der Waals surface area contributed by atoms with Crippen LogP contribution < -0.4 is 4.90 Å². The summed E-state index contributed by atoms with van der Waals surface area (Å²) in [5.74, 6) is -1.26. The van der Waals surface area contributed by atoms with E-state index in [9.17, 15) is 24.1 Å². The van der Waals surface area contributed by atoms with Gasteiger partial charge in [0, 0.05) is 13.0 Å². The highest BCUT2D eigenvalue weighted by molar-refractivity contribution is 7.17. The molecule has 2 heterocycles. The van der Waals surface area contributed by atoms with Crippen molar-refractivity contribution in [2.45, 2.75) is 33.4 Å². The minimum atomic E-state index is -0.568. The molecule has 0 aliphatic rings. The first kappa shape index (κ1) is 23.0. The average Bonchev–Trinajstić information content (AvgIpc) is 3.38. The number of benzene rings is 1. The van der Waals surface area contributed by atoms with Crippen molar-refractivity contribution in [1.29, 1.82) is 0 Å². The Kier molecular flexibility index (Phi) is 7.25. The Bertz CT molecular complexity index is 1130. The molecule has 0 fully saturated rings. The van der Waals surface area contributed by atoms with Crippen LogP contribution >= 0.6 is 11.3 Å². The van der Waals surface area contributed by atoms with Crippen molar-refractivity contribution in [2.24, 2.45) is 0 Å². The first-order valence-electron chi connectivity index (χ1n) is 9.64. The SMILES string of the molecule is CCOC(=O)c1sc(N(Cc2ccc(F)cc2)C(=O)CCn2cc([N+](=O)[O-])cn2)nc1C. The molecule has 12 heteroatoms. The highest BCUT2D eigenvalue weighted by atomic mass is 32.1. The molecule has 0 saturated carbocycles. The van der Waals surface area contributed by atoms with Gasteiger partial charge in [0.1, 0.15) is 23.1 Å².